The number of hydrogen-bond donors (Lipinski definition) is 1. The molecule has 0 aliphatic carbocycles. The fraction of sp³-hybridized carbons (Fsp3) is 0.250. The van der Waals surface area contributed by atoms with E-state index in [0.29, 0.717) is 24.5 Å². The number of rotatable bonds is 2. The molecule has 1 amide bonds. The molecule has 1 aromatic heterocycles. The Morgan fingerprint density at radius 3 is 2.90 bits per heavy atom. The molecule has 0 saturated heterocycles. The van der Waals surface area contributed by atoms with E-state index in [0.717, 1.165) is 21.7 Å². The largest absolute Gasteiger partial charge is 0.491 e. The van der Waals surface area contributed by atoms with E-state index in [1.165, 1.54) is 0 Å². The highest BCUT2D eigenvalue weighted by molar-refractivity contribution is 7.98. The molecule has 0 unspecified atom stereocenters. The normalized spacial score (nSPS) is 13.9. The van der Waals surface area contributed by atoms with Crippen molar-refractivity contribution < 1.29 is 9.53 Å². The van der Waals surface area contributed by atoms with Gasteiger partial charge in [0.15, 0.2) is 0 Å². The minimum Gasteiger partial charge on any atom is -0.491 e. The number of thioether (sulfide) groups is 1. The molecule has 2 heterocycles. The lowest BCUT2D eigenvalue weighted by molar-refractivity contribution is 0.0957. The van der Waals surface area contributed by atoms with Crippen molar-refractivity contribution in [2.75, 3.05) is 19.4 Å². The number of pyridine rings is 1. The minimum absolute atomic E-state index is 0.0873. The molecule has 1 aliphatic heterocycles. The van der Waals surface area contributed by atoms with Gasteiger partial charge in [-0.15, -0.1) is 11.8 Å². The minimum atomic E-state index is -0.0873. The third kappa shape index (κ3) is 2.74. The number of amides is 1. The zero-order valence-corrected chi connectivity index (χ0v) is 12.8. The molecule has 4 nitrogen and oxygen atoms in total. The molecule has 21 heavy (non-hydrogen) atoms. The number of carbonyl (C=O) groups excluding carboxylic acids is 1. The van der Waals surface area contributed by atoms with Crippen LogP contribution in [0.25, 0.3) is 11.1 Å². The van der Waals surface area contributed by atoms with Gasteiger partial charge in [-0.3, -0.25) is 4.79 Å². The molecule has 0 atom stereocenters. The summed E-state index contributed by atoms with van der Waals surface area (Å²) in [7, 11) is 0. The Kier molecular flexibility index (Phi) is 3.84. The molecule has 1 N–H and O–H groups in total. The molecule has 3 rings (SSSR count). The molecule has 1 aliphatic rings. The highest BCUT2D eigenvalue weighted by atomic mass is 32.2. The van der Waals surface area contributed by atoms with Gasteiger partial charge in [0.2, 0.25) is 0 Å². The van der Waals surface area contributed by atoms with E-state index in [9.17, 15) is 4.79 Å². The highest BCUT2D eigenvalue weighted by Gasteiger charge is 2.17. The number of fused-ring (bicyclic) bond motifs is 1. The summed E-state index contributed by atoms with van der Waals surface area (Å²) < 4.78 is 5.57. The fourth-order valence-electron chi connectivity index (χ4n) is 2.37. The second-order valence-electron chi connectivity index (χ2n) is 4.86. The molecular formula is C16H16N2O2S. The van der Waals surface area contributed by atoms with Crippen LogP contribution < -0.4 is 10.1 Å². The van der Waals surface area contributed by atoms with Gasteiger partial charge in [-0.2, -0.15) is 0 Å². The standard InChI is InChI=1S/C16H16N2O2S/c1-10-7-15(21-2)18-9-13(10)11-3-4-14-12(8-11)16(19)17-5-6-20-14/h3-4,7-9H,5-6H2,1-2H3,(H,17,19). The zero-order valence-electron chi connectivity index (χ0n) is 12.0. The van der Waals surface area contributed by atoms with Gasteiger partial charge in [-0.1, -0.05) is 6.07 Å². The first-order valence-corrected chi connectivity index (χ1v) is 7.97. The Morgan fingerprint density at radius 2 is 2.14 bits per heavy atom. The summed E-state index contributed by atoms with van der Waals surface area (Å²) >= 11 is 1.62. The molecule has 0 spiro atoms. The van der Waals surface area contributed by atoms with Gasteiger partial charge < -0.3 is 10.1 Å². The zero-order chi connectivity index (χ0) is 14.8. The van der Waals surface area contributed by atoms with Gasteiger partial charge in [-0.25, -0.2) is 4.98 Å². The third-order valence-electron chi connectivity index (χ3n) is 3.48. The first-order valence-electron chi connectivity index (χ1n) is 6.75. The van der Waals surface area contributed by atoms with Crippen LogP contribution in [0.2, 0.25) is 0 Å². The van der Waals surface area contributed by atoms with Crippen molar-refractivity contribution >= 4 is 17.7 Å². The summed E-state index contributed by atoms with van der Waals surface area (Å²) in [6.07, 6.45) is 3.86. The predicted octanol–water partition coefficient (Wildman–Crippen LogP) is 2.90. The monoisotopic (exact) mass is 300 g/mol. The maximum absolute atomic E-state index is 12.1. The first kappa shape index (κ1) is 13.9. The maximum atomic E-state index is 12.1. The number of ether oxygens (including phenoxy) is 1. The summed E-state index contributed by atoms with van der Waals surface area (Å²) in [5, 5.41) is 3.82. The van der Waals surface area contributed by atoms with Crippen LogP contribution in [0.5, 0.6) is 5.75 Å². The first-order chi connectivity index (χ1) is 10.2. The smallest absolute Gasteiger partial charge is 0.255 e. The quantitative estimate of drug-likeness (QED) is 0.867. The van der Waals surface area contributed by atoms with E-state index < -0.39 is 0 Å². The predicted molar refractivity (Wildman–Crippen MR) is 84.0 cm³/mol. The average molecular weight is 300 g/mol. The van der Waals surface area contributed by atoms with Crippen molar-refractivity contribution in [2.45, 2.75) is 11.9 Å². The summed E-state index contributed by atoms with van der Waals surface area (Å²) in [5.74, 6) is 0.552. The van der Waals surface area contributed by atoms with Gasteiger partial charge >= 0.3 is 0 Å². The Balaban J connectivity index is 2.06. The Bertz CT molecular complexity index is 701. The SMILES string of the molecule is CSc1cc(C)c(-c2ccc3c(c2)C(=O)NCCO3)cn1. The molecule has 108 valence electrons. The topological polar surface area (TPSA) is 51.2 Å². The number of aryl methyl sites for hydroxylation is 1. The number of carbonyl (C=O) groups is 1. The summed E-state index contributed by atoms with van der Waals surface area (Å²) in [6.45, 7) is 3.09. The van der Waals surface area contributed by atoms with Crippen molar-refractivity contribution in [2.24, 2.45) is 0 Å². The van der Waals surface area contributed by atoms with Crippen molar-refractivity contribution in [3.63, 3.8) is 0 Å². The van der Waals surface area contributed by atoms with Crippen LogP contribution in [0.1, 0.15) is 15.9 Å². The van der Waals surface area contributed by atoms with Crippen LogP contribution in [0.3, 0.4) is 0 Å². The summed E-state index contributed by atoms with van der Waals surface area (Å²) in [4.78, 5) is 16.5. The van der Waals surface area contributed by atoms with Crippen LogP contribution >= 0.6 is 11.8 Å². The summed E-state index contributed by atoms with van der Waals surface area (Å²) in [6, 6.07) is 7.76. The lowest BCUT2D eigenvalue weighted by atomic mass is 10.00. The van der Waals surface area contributed by atoms with Crippen molar-refractivity contribution in [1.29, 1.82) is 0 Å². The molecule has 5 heteroatoms. The Hall–Kier alpha value is -2.01. The molecular weight excluding hydrogens is 284 g/mol. The average Bonchev–Trinajstić information content (AvgIpc) is 2.69. The van der Waals surface area contributed by atoms with Crippen molar-refractivity contribution in [3.05, 3.63) is 41.6 Å². The number of nitrogens with one attached hydrogen (secondary N) is 1. The van der Waals surface area contributed by atoms with Gasteiger partial charge in [0.1, 0.15) is 12.4 Å². The van der Waals surface area contributed by atoms with Crippen LogP contribution in [-0.2, 0) is 0 Å². The summed E-state index contributed by atoms with van der Waals surface area (Å²) in [5.41, 5.74) is 3.74. The van der Waals surface area contributed by atoms with Crippen LogP contribution in [0.4, 0.5) is 0 Å². The number of nitrogens with zero attached hydrogens (tertiary/aromatic N) is 1. The lowest BCUT2D eigenvalue weighted by Gasteiger charge is -2.10. The highest BCUT2D eigenvalue weighted by Crippen LogP contribution is 2.30. The van der Waals surface area contributed by atoms with E-state index >= 15 is 0 Å². The van der Waals surface area contributed by atoms with Crippen LogP contribution in [0.15, 0.2) is 35.5 Å². The van der Waals surface area contributed by atoms with E-state index in [1.54, 1.807) is 11.8 Å². The van der Waals surface area contributed by atoms with Crippen molar-refractivity contribution in [1.82, 2.24) is 10.3 Å². The van der Waals surface area contributed by atoms with Gasteiger partial charge in [0.25, 0.3) is 5.91 Å². The molecule has 0 fully saturated rings. The van der Waals surface area contributed by atoms with Gasteiger partial charge in [0, 0.05) is 11.8 Å². The van der Waals surface area contributed by atoms with Gasteiger partial charge in [0.05, 0.1) is 17.1 Å². The molecule has 2 aromatic rings. The van der Waals surface area contributed by atoms with Crippen LogP contribution in [0, 0.1) is 6.92 Å². The van der Waals surface area contributed by atoms with E-state index in [-0.39, 0.29) is 5.91 Å². The fourth-order valence-corrected chi connectivity index (χ4v) is 2.82. The Labute approximate surface area is 127 Å². The Morgan fingerprint density at radius 1 is 1.29 bits per heavy atom. The second kappa shape index (κ2) is 5.77. The maximum Gasteiger partial charge on any atom is 0.255 e. The third-order valence-corrected chi connectivity index (χ3v) is 4.12. The van der Waals surface area contributed by atoms with E-state index in [4.69, 9.17) is 4.74 Å². The second-order valence-corrected chi connectivity index (χ2v) is 5.68. The number of aromatic nitrogens is 1. The molecule has 0 radical (unpaired) electrons. The molecule has 0 bridgehead atoms. The van der Waals surface area contributed by atoms with Crippen LogP contribution in [-0.4, -0.2) is 30.3 Å². The van der Waals surface area contributed by atoms with Gasteiger partial charge in [-0.05, 0) is 42.5 Å². The molecule has 0 saturated carbocycles. The molecule has 1 aromatic carbocycles. The lowest BCUT2D eigenvalue weighted by Crippen LogP contribution is -2.24. The number of hydrogen-bond acceptors (Lipinski definition) is 4. The number of benzene rings is 1. The van der Waals surface area contributed by atoms with E-state index in [2.05, 4.69) is 23.3 Å². The van der Waals surface area contributed by atoms with E-state index in [1.807, 2.05) is 30.7 Å². The van der Waals surface area contributed by atoms with Crippen molar-refractivity contribution in [3.8, 4) is 16.9 Å².